The second kappa shape index (κ2) is 8.12. The van der Waals surface area contributed by atoms with E-state index in [-0.39, 0.29) is 17.0 Å². The molecule has 0 radical (unpaired) electrons. The minimum Gasteiger partial charge on any atom is -0.452 e. The first-order valence-corrected chi connectivity index (χ1v) is 10.6. The number of rotatable bonds is 3. The predicted molar refractivity (Wildman–Crippen MR) is 125 cm³/mol. The van der Waals surface area contributed by atoms with Gasteiger partial charge in [0, 0.05) is 6.07 Å². The predicted octanol–water partition coefficient (Wildman–Crippen LogP) is 6.44. The van der Waals surface area contributed by atoms with Gasteiger partial charge in [-0.1, -0.05) is 62.7 Å². The molecule has 0 fully saturated rings. The van der Waals surface area contributed by atoms with Crippen molar-refractivity contribution in [2.24, 2.45) is 0 Å². The van der Waals surface area contributed by atoms with Crippen molar-refractivity contribution in [3.05, 3.63) is 99.8 Å². The summed E-state index contributed by atoms with van der Waals surface area (Å²) in [5.41, 5.74) is 4.89. The molecule has 0 saturated carbocycles. The molecular formula is C28H26O4. The monoisotopic (exact) mass is 426 g/mol. The summed E-state index contributed by atoms with van der Waals surface area (Å²) in [6.07, 6.45) is 1.74. The summed E-state index contributed by atoms with van der Waals surface area (Å²) in [6, 6.07) is 18.5. The molecular weight excluding hydrogens is 400 g/mol. The van der Waals surface area contributed by atoms with Crippen LogP contribution in [0.5, 0.6) is 11.5 Å². The van der Waals surface area contributed by atoms with E-state index in [2.05, 4.69) is 32.9 Å². The van der Waals surface area contributed by atoms with Gasteiger partial charge in [-0.15, -0.1) is 0 Å². The molecule has 4 rings (SSSR count). The first-order chi connectivity index (χ1) is 15.1. The molecule has 0 N–H and O–H groups in total. The third kappa shape index (κ3) is 4.35. The van der Waals surface area contributed by atoms with E-state index in [4.69, 9.17) is 9.47 Å². The van der Waals surface area contributed by atoms with Crippen LogP contribution < -0.4 is 9.47 Å². The highest BCUT2D eigenvalue weighted by molar-refractivity contribution is 6.15. The first kappa shape index (κ1) is 21.6. The van der Waals surface area contributed by atoms with E-state index >= 15 is 0 Å². The number of carbonyl (C=O) groups excluding carboxylic acids is 2. The SMILES string of the molecule is Cc1ccc(C(=O)Oc2cc(C)c3c(c2)O/C(=C\c2ccc(C(C)(C)C)cc2)C3=O)cc1. The standard InChI is InChI=1S/C28H26O4/c1-17-6-10-20(11-7-17)27(30)31-22-14-18(2)25-23(16-22)32-24(26(25)29)15-19-8-12-21(13-9-19)28(3,4)5/h6-16H,1-5H3/b24-15-. The zero-order valence-electron chi connectivity index (χ0n) is 19.0. The quantitative estimate of drug-likeness (QED) is 0.275. The van der Waals surface area contributed by atoms with E-state index in [0.717, 1.165) is 11.1 Å². The number of aryl methyl sites for hydroxylation is 2. The van der Waals surface area contributed by atoms with Crippen molar-refractivity contribution in [3.8, 4) is 11.5 Å². The average Bonchev–Trinajstić information content (AvgIpc) is 3.03. The lowest BCUT2D eigenvalue weighted by Crippen LogP contribution is -2.10. The van der Waals surface area contributed by atoms with Gasteiger partial charge in [-0.05, 0) is 60.2 Å². The Bertz CT molecular complexity index is 1220. The van der Waals surface area contributed by atoms with Gasteiger partial charge in [0.05, 0.1) is 11.1 Å². The number of esters is 1. The molecule has 0 spiro atoms. The van der Waals surface area contributed by atoms with Crippen LogP contribution >= 0.6 is 0 Å². The van der Waals surface area contributed by atoms with Crippen molar-refractivity contribution in [3.63, 3.8) is 0 Å². The molecule has 4 nitrogen and oxygen atoms in total. The van der Waals surface area contributed by atoms with E-state index in [1.807, 2.05) is 38.1 Å². The fraction of sp³-hybridized carbons (Fsp3) is 0.214. The number of benzene rings is 3. The maximum absolute atomic E-state index is 12.9. The van der Waals surface area contributed by atoms with Crippen molar-refractivity contribution in [1.82, 2.24) is 0 Å². The second-order valence-electron chi connectivity index (χ2n) is 9.18. The molecule has 4 heteroatoms. The Morgan fingerprint density at radius 2 is 1.59 bits per heavy atom. The van der Waals surface area contributed by atoms with Crippen molar-refractivity contribution in [1.29, 1.82) is 0 Å². The highest BCUT2D eigenvalue weighted by Crippen LogP contribution is 2.38. The molecule has 0 amide bonds. The minimum absolute atomic E-state index is 0.0606. The van der Waals surface area contributed by atoms with E-state index < -0.39 is 5.97 Å². The third-order valence-corrected chi connectivity index (χ3v) is 5.52. The number of ketones is 1. The van der Waals surface area contributed by atoms with Crippen LogP contribution in [0, 0.1) is 13.8 Å². The van der Waals surface area contributed by atoms with Crippen molar-refractivity contribution in [2.45, 2.75) is 40.0 Å². The summed E-state index contributed by atoms with van der Waals surface area (Å²) >= 11 is 0. The fourth-order valence-corrected chi connectivity index (χ4v) is 3.62. The highest BCUT2D eigenvalue weighted by atomic mass is 16.5. The van der Waals surface area contributed by atoms with Crippen molar-refractivity contribution >= 4 is 17.8 Å². The lowest BCUT2D eigenvalue weighted by atomic mass is 9.86. The lowest BCUT2D eigenvalue weighted by Gasteiger charge is -2.18. The van der Waals surface area contributed by atoms with E-state index in [1.165, 1.54) is 5.56 Å². The summed E-state index contributed by atoms with van der Waals surface area (Å²) in [7, 11) is 0. The third-order valence-electron chi connectivity index (χ3n) is 5.52. The Kier molecular flexibility index (Phi) is 5.47. The molecule has 3 aromatic carbocycles. The summed E-state index contributed by atoms with van der Waals surface area (Å²) < 4.78 is 11.4. The van der Waals surface area contributed by atoms with Gasteiger partial charge in [-0.25, -0.2) is 4.79 Å². The summed E-state index contributed by atoms with van der Waals surface area (Å²) in [5, 5.41) is 0. The number of ether oxygens (including phenoxy) is 2. The molecule has 0 aromatic heterocycles. The summed E-state index contributed by atoms with van der Waals surface area (Å²) in [4.78, 5) is 25.4. The van der Waals surface area contributed by atoms with Gasteiger partial charge in [0.1, 0.15) is 11.5 Å². The van der Waals surface area contributed by atoms with Gasteiger partial charge in [0.15, 0.2) is 5.76 Å². The van der Waals surface area contributed by atoms with Crippen LogP contribution in [0.1, 0.15) is 63.7 Å². The van der Waals surface area contributed by atoms with Crippen LogP contribution in [0.25, 0.3) is 6.08 Å². The van der Waals surface area contributed by atoms with Crippen LogP contribution in [-0.2, 0) is 5.41 Å². The zero-order valence-corrected chi connectivity index (χ0v) is 19.0. The molecule has 1 heterocycles. The van der Waals surface area contributed by atoms with Crippen LogP contribution in [0.3, 0.4) is 0 Å². The Morgan fingerprint density at radius 3 is 2.22 bits per heavy atom. The first-order valence-electron chi connectivity index (χ1n) is 10.6. The summed E-state index contributed by atoms with van der Waals surface area (Å²) in [5.74, 6) is 0.375. The molecule has 3 aromatic rings. The van der Waals surface area contributed by atoms with Gasteiger partial charge in [0.25, 0.3) is 0 Å². The van der Waals surface area contributed by atoms with Gasteiger partial charge >= 0.3 is 5.97 Å². The largest absolute Gasteiger partial charge is 0.452 e. The molecule has 1 aliphatic heterocycles. The molecule has 162 valence electrons. The molecule has 0 bridgehead atoms. The lowest BCUT2D eigenvalue weighted by molar-refractivity contribution is 0.0734. The average molecular weight is 427 g/mol. The van der Waals surface area contributed by atoms with Crippen molar-refractivity contribution in [2.75, 3.05) is 0 Å². The molecule has 1 aliphatic rings. The van der Waals surface area contributed by atoms with Crippen LogP contribution in [0.15, 0.2) is 66.4 Å². The Hall–Kier alpha value is -3.66. The van der Waals surface area contributed by atoms with Gasteiger partial charge in [0.2, 0.25) is 5.78 Å². The smallest absolute Gasteiger partial charge is 0.343 e. The van der Waals surface area contributed by atoms with E-state index in [0.29, 0.717) is 28.2 Å². The Balaban J connectivity index is 1.57. The van der Waals surface area contributed by atoms with Crippen LogP contribution in [0.2, 0.25) is 0 Å². The van der Waals surface area contributed by atoms with Gasteiger partial charge in [-0.3, -0.25) is 4.79 Å². The minimum atomic E-state index is -0.455. The number of hydrogen-bond acceptors (Lipinski definition) is 4. The summed E-state index contributed by atoms with van der Waals surface area (Å²) in [6.45, 7) is 10.2. The Morgan fingerprint density at radius 1 is 0.938 bits per heavy atom. The van der Waals surface area contributed by atoms with Gasteiger partial charge < -0.3 is 9.47 Å². The maximum Gasteiger partial charge on any atom is 0.343 e. The number of Topliss-reactive ketones (excluding diaryl/α,β-unsaturated/α-hetero) is 1. The number of carbonyl (C=O) groups is 2. The molecule has 0 unspecified atom stereocenters. The molecule has 32 heavy (non-hydrogen) atoms. The highest BCUT2D eigenvalue weighted by Gasteiger charge is 2.30. The number of fused-ring (bicyclic) bond motifs is 1. The fourth-order valence-electron chi connectivity index (χ4n) is 3.62. The molecule has 0 atom stereocenters. The topological polar surface area (TPSA) is 52.6 Å². The van der Waals surface area contributed by atoms with E-state index in [9.17, 15) is 9.59 Å². The van der Waals surface area contributed by atoms with Crippen molar-refractivity contribution < 1.29 is 19.1 Å². The normalized spacial score (nSPS) is 14.3. The molecule has 0 saturated heterocycles. The zero-order chi connectivity index (χ0) is 23.0. The number of hydrogen-bond donors (Lipinski definition) is 0. The Labute approximate surface area is 188 Å². The van der Waals surface area contributed by atoms with Crippen LogP contribution in [0.4, 0.5) is 0 Å². The maximum atomic E-state index is 12.9. The van der Waals surface area contributed by atoms with E-state index in [1.54, 1.807) is 30.3 Å². The number of allylic oxidation sites excluding steroid dienone is 1. The molecule has 0 aliphatic carbocycles. The van der Waals surface area contributed by atoms with Gasteiger partial charge in [-0.2, -0.15) is 0 Å². The second-order valence-corrected chi connectivity index (χ2v) is 9.18. The van der Waals surface area contributed by atoms with Crippen LogP contribution in [-0.4, -0.2) is 11.8 Å².